The number of carboxylic acid groups (broad SMARTS) is 1. The highest BCUT2D eigenvalue weighted by Gasteiger charge is 2.30. The largest absolute Gasteiger partial charge is 0.481 e. The van der Waals surface area contributed by atoms with Crippen molar-refractivity contribution in [3.05, 3.63) is 0 Å². The molecule has 0 spiro atoms. The van der Waals surface area contributed by atoms with Crippen molar-refractivity contribution < 1.29 is 9.90 Å². The van der Waals surface area contributed by atoms with Gasteiger partial charge in [0, 0.05) is 6.42 Å². The summed E-state index contributed by atoms with van der Waals surface area (Å²) in [5.74, 6) is 3.20. The fourth-order valence-corrected chi connectivity index (χ4v) is 4.56. The van der Waals surface area contributed by atoms with Gasteiger partial charge in [-0.15, -0.1) is 0 Å². The first-order chi connectivity index (χ1) is 9.69. The summed E-state index contributed by atoms with van der Waals surface area (Å²) in [6, 6.07) is 0. The average Bonchev–Trinajstić information content (AvgIpc) is 2.48. The Morgan fingerprint density at radius 3 is 1.85 bits per heavy atom. The molecule has 0 saturated heterocycles. The summed E-state index contributed by atoms with van der Waals surface area (Å²) in [4.78, 5) is 10.6. The van der Waals surface area contributed by atoms with Crippen LogP contribution < -0.4 is 0 Å². The van der Waals surface area contributed by atoms with Gasteiger partial charge in [0.1, 0.15) is 0 Å². The lowest BCUT2D eigenvalue weighted by Crippen LogP contribution is -2.25. The molecule has 0 heterocycles. The quantitative estimate of drug-likeness (QED) is 0.720. The van der Waals surface area contributed by atoms with Gasteiger partial charge in [0.05, 0.1) is 0 Å². The SMILES string of the molecule is CC[C@H]1CC[C@H](C2CCC(CCCC(=O)O)CC2)CC1. The second kappa shape index (κ2) is 8.05. The number of rotatable bonds is 6. The monoisotopic (exact) mass is 280 g/mol. The summed E-state index contributed by atoms with van der Waals surface area (Å²) in [6.07, 6.45) is 15.2. The highest BCUT2D eigenvalue weighted by molar-refractivity contribution is 5.66. The minimum absolute atomic E-state index is 0.362. The van der Waals surface area contributed by atoms with Crippen LogP contribution in [0.2, 0.25) is 0 Å². The van der Waals surface area contributed by atoms with E-state index in [0.29, 0.717) is 6.42 Å². The highest BCUT2D eigenvalue weighted by atomic mass is 16.4. The molecule has 0 aliphatic heterocycles. The van der Waals surface area contributed by atoms with Crippen molar-refractivity contribution in [2.45, 2.75) is 84.0 Å². The molecule has 2 saturated carbocycles. The Labute approximate surface area is 124 Å². The van der Waals surface area contributed by atoms with E-state index in [2.05, 4.69) is 6.92 Å². The molecule has 1 N–H and O–H groups in total. The molecule has 2 fully saturated rings. The van der Waals surface area contributed by atoms with Gasteiger partial charge in [-0.3, -0.25) is 4.79 Å². The van der Waals surface area contributed by atoms with E-state index >= 15 is 0 Å². The van der Waals surface area contributed by atoms with Crippen LogP contribution in [0.3, 0.4) is 0 Å². The van der Waals surface area contributed by atoms with Crippen LogP contribution in [-0.2, 0) is 4.79 Å². The van der Waals surface area contributed by atoms with Crippen molar-refractivity contribution in [2.75, 3.05) is 0 Å². The third kappa shape index (κ3) is 4.79. The van der Waals surface area contributed by atoms with Crippen LogP contribution in [0.4, 0.5) is 0 Å². The smallest absolute Gasteiger partial charge is 0.303 e. The first-order valence-corrected chi connectivity index (χ1v) is 8.90. The summed E-state index contributed by atoms with van der Waals surface area (Å²) >= 11 is 0. The van der Waals surface area contributed by atoms with Gasteiger partial charge in [-0.25, -0.2) is 0 Å². The van der Waals surface area contributed by atoms with Crippen LogP contribution in [0.5, 0.6) is 0 Å². The molecule has 20 heavy (non-hydrogen) atoms. The van der Waals surface area contributed by atoms with E-state index in [1.54, 1.807) is 0 Å². The molecule has 2 rings (SSSR count). The number of hydrogen-bond acceptors (Lipinski definition) is 1. The summed E-state index contributed by atoms with van der Waals surface area (Å²) in [7, 11) is 0. The Balaban J connectivity index is 1.63. The summed E-state index contributed by atoms with van der Waals surface area (Å²) in [5.41, 5.74) is 0. The van der Waals surface area contributed by atoms with E-state index in [4.69, 9.17) is 5.11 Å². The van der Waals surface area contributed by atoms with Gasteiger partial charge in [0.25, 0.3) is 0 Å². The Bertz CT molecular complexity index is 284. The Hall–Kier alpha value is -0.530. The van der Waals surface area contributed by atoms with Crippen molar-refractivity contribution >= 4 is 5.97 Å². The maximum Gasteiger partial charge on any atom is 0.303 e. The molecule has 2 heteroatoms. The number of carboxylic acids is 1. The predicted octanol–water partition coefficient (Wildman–Crippen LogP) is 5.26. The minimum atomic E-state index is -0.633. The summed E-state index contributed by atoms with van der Waals surface area (Å²) < 4.78 is 0. The third-order valence-corrected chi connectivity index (χ3v) is 6.03. The van der Waals surface area contributed by atoms with E-state index in [9.17, 15) is 4.79 Å². The second-order valence-electron chi connectivity index (χ2n) is 7.26. The van der Waals surface area contributed by atoms with Crippen LogP contribution in [0.15, 0.2) is 0 Å². The molecule has 2 aliphatic rings. The number of carbonyl (C=O) groups is 1. The van der Waals surface area contributed by atoms with E-state index < -0.39 is 5.97 Å². The van der Waals surface area contributed by atoms with Crippen LogP contribution in [0, 0.1) is 23.7 Å². The molecule has 116 valence electrons. The molecule has 0 aromatic heterocycles. The van der Waals surface area contributed by atoms with E-state index in [1.165, 1.54) is 57.8 Å². The minimum Gasteiger partial charge on any atom is -0.481 e. The van der Waals surface area contributed by atoms with E-state index in [0.717, 1.165) is 36.5 Å². The van der Waals surface area contributed by atoms with Gasteiger partial charge in [-0.2, -0.15) is 0 Å². The topological polar surface area (TPSA) is 37.3 Å². The Kier molecular flexibility index (Phi) is 6.38. The molecule has 0 radical (unpaired) electrons. The van der Waals surface area contributed by atoms with Gasteiger partial charge < -0.3 is 5.11 Å². The first-order valence-electron chi connectivity index (χ1n) is 8.90. The molecular formula is C18H32O2. The van der Waals surface area contributed by atoms with Crippen LogP contribution in [-0.4, -0.2) is 11.1 Å². The molecule has 0 aromatic carbocycles. The zero-order valence-corrected chi connectivity index (χ0v) is 13.2. The van der Waals surface area contributed by atoms with Crippen LogP contribution in [0.25, 0.3) is 0 Å². The van der Waals surface area contributed by atoms with Crippen molar-refractivity contribution in [3.63, 3.8) is 0 Å². The lowest BCUT2D eigenvalue weighted by Gasteiger charge is -2.37. The van der Waals surface area contributed by atoms with Gasteiger partial charge in [0.15, 0.2) is 0 Å². The predicted molar refractivity (Wildman–Crippen MR) is 82.7 cm³/mol. The third-order valence-electron chi connectivity index (χ3n) is 6.03. The normalized spacial score (nSPS) is 34.9. The maximum atomic E-state index is 10.6. The molecule has 0 bridgehead atoms. The molecule has 0 aromatic rings. The molecule has 0 amide bonds. The number of aliphatic carboxylic acids is 1. The van der Waals surface area contributed by atoms with Crippen molar-refractivity contribution in [1.29, 1.82) is 0 Å². The fraction of sp³-hybridized carbons (Fsp3) is 0.944. The van der Waals surface area contributed by atoms with Gasteiger partial charge in [-0.05, 0) is 62.2 Å². The van der Waals surface area contributed by atoms with Crippen molar-refractivity contribution in [2.24, 2.45) is 23.7 Å². The molecule has 0 atom stereocenters. The molecule has 0 unspecified atom stereocenters. The van der Waals surface area contributed by atoms with Gasteiger partial charge in [-0.1, -0.05) is 39.0 Å². The van der Waals surface area contributed by atoms with Gasteiger partial charge in [0.2, 0.25) is 0 Å². The Morgan fingerprint density at radius 1 is 0.900 bits per heavy atom. The lowest BCUT2D eigenvalue weighted by atomic mass is 9.68. The zero-order valence-electron chi connectivity index (χ0n) is 13.2. The van der Waals surface area contributed by atoms with Crippen molar-refractivity contribution in [1.82, 2.24) is 0 Å². The molecule has 2 nitrogen and oxygen atoms in total. The van der Waals surface area contributed by atoms with Crippen molar-refractivity contribution in [3.8, 4) is 0 Å². The summed E-state index contributed by atoms with van der Waals surface area (Å²) in [5, 5.41) is 8.70. The van der Waals surface area contributed by atoms with Crippen LogP contribution in [0.1, 0.15) is 84.0 Å². The molecule has 2 aliphatic carbocycles. The average molecular weight is 280 g/mol. The van der Waals surface area contributed by atoms with E-state index in [-0.39, 0.29) is 0 Å². The highest BCUT2D eigenvalue weighted by Crippen LogP contribution is 2.42. The first kappa shape index (κ1) is 15.9. The maximum absolute atomic E-state index is 10.6. The van der Waals surface area contributed by atoms with E-state index in [1.807, 2.05) is 0 Å². The standard InChI is InChI=1S/C18H32O2/c1-2-14-6-10-16(11-7-14)17-12-8-15(9-13-17)4-3-5-18(19)20/h14-17H,2-13H2,1H3,(H,19,20)/t14-,15?,16-,17?. The van der Waals surface area contributed by atoms with Crippen LogP contribution >= 0.6 is 0 Å². The Morgan fingerprint density at radius 2 is 1.40 bits per heavy atom. The lowest BCUT2D eigenvalue weighted by molar-refractivity contribution is -0.137. The molecular weight excluding hydrogens is 248 g/mol. The fourth-order valence-electron chi connectivity index (χ4n) is 4.56. The van der Waals surface area contributed by atoms with Gasteiger partial charge >= 0.3 is 5.97 Å². The summed E-state index contributed by atoms with van der Waals surface area (Å²) in [6.45, 7) is 2.34. The zero-order chi connectivity index (χ0) is 14.4. The number of hydrogen-bond donors (Lipinski definition) is 1. The second-order valence-corrected chi connectivity index (χ2v) is 7.26.